The third-order valence-electron chi connectivity index (χ3n) is 7.03. The second kappa shape index (κ2) is 12.1. The van der Waals surface area contributed by atoms with Gasteiger partial charge in [0.05, 0.1) is 18.8 Å². The van der Waals surface area contributed by atoms with Crippen LogP contribution in [0.2, 0.25) is 0 Å². The molecule has 5 aromatic rings. The Hall–Kier alpha value is -4.94. The first-order valence-corrected chi connectivity index (χ1v) is 14.4. The fraction of sp³-hybridized carbons (Fsp3) is 0.194. The van der Waals surface area contributed by atoms with Crippen LogP contribution < -0.4 is 15.4 Å². The van der Waals surface area contributed by atoms with Gasteiger partial charge in [-0.3, -0.25) is 14.7 Å². The summed E-state index contributed by atoms with van der Waals surface area (Å²) in [5.74, 6) is 0.161. The molecule has 1 aliphatic rings. The lowest BCUT2D eigenvalue weighted by Crippen LogP contribution is -2.31. The molecule has 2 aromatic carbocycles. The monoisotopic (exact) mass is 598 g/mol. The minimum absolute atomic E-state index is 0.0911. The van der Waals surface area contributed by atoms with Gasteiger partial charge in [0.2, 0.25) is 11.7 Å². The lowest BCUT2D eigenvalue weighted by Gasteiger charge is -2.19. The van der Waals surface area contributed by atoms with E-state index in [0.717, 1.165) is 21.2 Å². The second-order valence-electron chi connectivity index (χ2n) is 9.73. The van der Waals surface area contributed by atoms with E-state index in [1.807, 2.05) is 29.6 Å². The number of hydrogen-bond acceptors (Lipinski definition) is 8. The third-order valence-corrected chi connectivity index (χ3v) is 7.96. The van der Waals surface area contributed by atoms with Crippen molar-refractivity contribution in [2.24, 2.45) is 0 Å². The predicted molar refractivity (Wildman–Crippen MR) is 161 cm³/mol. The highest BCUT2D eigenvalue weighted by atomic mass is 32.1. The van der Waals surface area contributed by atoms with Gasteiger partial charge in [0.1, 0.15) is 29.7 Å². The Morgan fingerprint density at radius 2 is 2.00 bits per heavy atom. The molecule has 43 heavy (non-hydrogen) atoms. The first kappa shape index (κ1) is 28.2. The molecule has 0 aliphatic carbocycles. The molecule has 0 radical (unpaired) electrons. The zero-order chi connectivity index (χ0) is 29.9. The van der Waals surface area contributed by atoms with Crippen molar-refractivity contribution in [2.75, 3.05) is 26.9 Å². The highest BCUT2D eigenvalue weighted by Crippen LogP contribution is 2.45. The number of amides is 2. The lowest BCUT2D eigenvalue weighted by atomic mass is 9.94. The Bertz CT molecular complexity index is 1870. The number of carbonyl (C=O) groups excluding carboxylic acids is 2. The van der Waals surface area contributed by atoms with Crippen molar-refractivity contribution >= 4 is 33.2 Å². The molecular formula is C31H27FN6O4S. The van der Waals surface area contributed by atoms with Crippen LogP contribution in [-0.2, 0) is 22.5 Å². The normalized spacial score (nSPS) is 12.6. The topological polar surface area (TPSA) is 131 Å². The fourth-order valence-corrected chi connectivity index (χ4v) is 5.97. The molecule has 0 atom stereocenters. The van der Waals surface area contributed by atoms with Gasteiger partial charge in [0, 0.05) is 52.1 Å². The molecule has 0 fully saturated rings. The number of pyridine rings is 1. The first-order chi connectivity index (χ1) is 21.0. The molecule has 3 N–H and O–H groups in total. The number of benzene rings is 2. The van der Waals surface area contributed by atoms with Crippen molar-refractivity contribution in [1.82, 2.24) is 30.8 Å². The van der Waals surface area contributed by atoms with Gasteiger partial charge < -0.3 is 20.1 Å². The Labute approximate surface area is 250 Å². The fourth-order valence-electron chi connectivity index (χ4n) is 5.01. The van der Waals surface area contributed by atoms with Crippen LogP contribution in [0.5, 0.6) is 5.75 Å². The van der Waals surface area contributed by atoms with Crippen LogP contribution in [-0.4, -0.2) is 58.8 Å². The molecular weight excluding hydrogens is 571 g/mol. The quantitative estimate of drug-likeness (QED) is 0.157. The number of ether oxygens (including phenoxy) is 2. The molecule has 0 bridgehead atoms. The van der Waals surface area contributed by atoms with E-state index in [4.69, 9.17) is 14.5 Å². The summed E-state index contributed by atoms with van der Waals surface area (Å²) in [4.78, 5) is 33.9. The van der Waals surface area contributed by atoms with Gasteiger partial charge in [-0.1, -0.05) is 12.6 Å². The number of methoxy groups -OCH3 is 1. The van der Waals surface area contributed by atoms with Gasteiger partial charge in [-0.05, 0) is 53.8 Å². The van der Waals surface area contributed by atoms with Gasteiger partial charge >= 0.3 is 0 Å². The summed E-state index contributed by atoms with van der Waals surface area (Å²) in [5, 5.41) is 15.7. The van der Waals surface area contributed by atoms with Crippen LogP contribution in [0.25, 0.3) is 44.0 Å². The molecule has 0 saturated heterocycles. The molecule has 4 heterocycles. The highest BCUT2D eigenvalue weighted by molar-refractivity contribution is 7.18. The van der Waals surface area contributed by atoms with Gasteiger partial charge in [-0.2, -0.15) is 5.10 Å². The molecule has 0 unspecified atom stereocenters. The van der Waals surface area contributed by atoms with E-state index in [1.165, 1.54) is 29.5 Å². The second-order valence-corrected chi connectivity index (χ2v) is 10.7. The largest absolute Gasteiger partial charge is 0.490 e. The molecule has 1 aliphatic heterocycles. The van der Waals surface area contributed by atoms with Crippen LogP contribution in [0.1, 0.15) is 21.7 Å². The summed E-state index contributed by atoms with van der Waals surface area (Å²) in [6, 6.07) is 12.1. The third kappa shape index (κ3) is 5.62. The van der Waals surface area contributed by atoms with Crippen LogP contribution >= 0.6 is 11.3 Å². The van der Waals surface area contributed by atoms with Crippen molar-refractivity contribution < 1.29 is 23.5 Å². The van der Waals surface area contributed by atoms with Crippen LogP contribution in [0.15, 0.2) is 60.5 Å². The average Bonchev–Trinajstić information content (AvgIpc) is 3.70. The van der Waals surface area contributed by atoms with Crippen molar-refractivity contribution in [3.05, 3.63) is 83.3 Å². The SMILES string of the molecule is C=CC(=O)NCc1nc(-c2nc(-c3ccc4c(c3)CCNC4=O)c3ccsc3c2-c2ccc(F)cc2OCCOC)n[nH]1. The molecule has 0 spiro atoms. The van der Waals surface area contributed by atoms with Gasteiger partial charge in [0.15, 0.2) is 0 Å². The number of nitrogens with one attached hydrogen (secondary N) is 3. The minimum atomic E-state index is -0.444. The smallest absolute Gasteiger partial charge is 0.251 e. The van der Waals surface area contributed by atoms with E-state index in [0.29, 0.717) is 65.0 Å². The average molecular weight is 599 g/mol. The van der Waals surface area contributed by atoms with Gasteiger partial charge in [-0.15, -0.1) is 11.3 Å². The number of nitrogens with zero attached hydrogens (tertiary/aromatic N) is 3. The van der Waals surface area contributed by atoms with Crippen LogP contribution in [0, 0.1) is 5.82 Å². The lowest BCUT2D eigenvalue weighted by molar-refractivity contribution is -0.116. The van der Waals surface area contributed by atoms with Crippen LogP contribution in [0.3, 0.4) is 0 Å². The number of hydrogen-bond donors (Lipinski definition) is 3. The van der Waals surface area contributed by atoms with E-state index in [1.54, 1.807) is 13.2 Å². The zero-order valence-electron chi connectivity index (χ0n) is 23.2. The van der Waals surface area contributed by atoms with E-state index in [9.17, 15) is 14.0 Å². The summed E-state index contributed by atoms with van der Waals surface area (Å²) in [6.07, 6.45) is 1.89. The Morgan fingerprint density at radius 3 is 2.84 bits per heavy atom. The number of fused-ring (bicyclic) bond motifs is 2. The van der Waals surface area contributed by atoms with E-state index >= 15 is 0 Å². The number of thiophene rings is 1. The molecule has 10 nitrogen and oxygen atoms in total. The molecule has 0 saturated carbocycles. The van der Waals surface area contributed by atoms with Crippen molar-refractivity contribution in [1.29, 1.82) is 0 Å². The number of halogens is 1. The number of aromatic amines is 1. The molecule has 6 rings (SSSR count). The van der Waals surface area contributed by atoms with Crippen molar-refractivity contribution in [3.8, 4) is 39.7 Å². The molecule has 12 heteroatoms. The van der Waals surface area contributed by atoms with Crippen LogP contribution in [0.4, 0.5) is 4.39 Å². The summed E-state index contributed by atoms with van der Waals surface area (Å²) < 4.78 is 26.4. The number of carbonyl (C=O) groups is 2. The molecule has 218 valence electrons. The maximum Gasteiger partial charge on any atom is 0.251 e. The summed E-state index contributed by atoms with van der Waals surface area (Å²) >= 11 is 1.51. The Kier molecular flexibility index (Phi) is 7.95. The maximum absolute atomic E-state index is 14.5. The van der Waals surface area contributed by atoms with Crippen molar-refractivity contribution in [3.63, 3.8) is 0 Å². The number of aromatic nitrogens is 4. The zero-order valence-corrected chi connectivity index (χ0v) is 24.0. The van der Waals surface area contributed by atoms with Crippen molar-refractivity contribution in [2.45, 2.75) is 13.0 Å². The van der Waals surface area contributed by atoms with E-state index < -0.39 is 5.82 Å². The van der Waals surface area contributed by atoms with E-state index in [-0.39, 0.29) is 25.0 Å². The predicted octanol–water partition coefficient (Wildman–Crippen LogP) is 4.67. The standard InChI is InChI=1S/C31H27FN6O4S/c1-3-25(39)34-16-24-35-30(38-37-24)28-26(21-7-5-19(32)15-23(21)42-12-11-41-2)29-22(9-13-43-29)27(36-28)18-4-6-20-17(14-18)8-10-33-31(20)40/h3-7,9,13-15H,1,8,10-12,16H2,2H3,(H,33,40)(H,34,39)(H,35,37,38). The maximum atomic E-state index is 14.5. The number of H-pyrrole nitrogens is 1. The Morgan fingerprint density at radius 1 is 1.14 bits per heavy atom. The van der Waals surface area contributed by atoms with E-state index in [2.05, 4.69) is 32.4 Å². The summed E-state index contributed by atoms with van der Waals surface area (Å²) in [5.41, 5.74) is 4.88. The highest BCUT2D eigenvalue weighted by Gasteiger charge is 2.25. The molecule has 2 amide bonds. The number of rotatable bonds is 10. The Balaban J connectivity index is 1.56. The molecule has 3 aromatic heterocycles. The first-order valence-electron chi connectivity index (χ1n) is 13.5. The minimum Gasteiger partial charge on any atom is -0.490 e. The van der Waals surface area contributed by atoms with Gasteiger partial charge in [0.25, 0.3) is 5.91 Å². The summed E-state index contributed by atoms with van der Waals surface area (Å²) in [7, 11) is 1.57. The van der Waals surface area contributed by atoms with Gasteiger partial charge in [-0.25, -0.2) is 14.4 Å². The summed E-state index contributed by atoms with van der Waals surface area (Å²) in [6.45, 7) is 4.69.